The predicted octanol–water partition coefficient (Wildman–Crippen LogP) is 1.55. The summed E-state index contributed by atoms with van der Waals surface area (Å²) in [4.78, 5) is 9.97. The lowest BCUT2D eigenvalue weighted by Crippen LogP contribution is -2.15. The summed E-state index contributed by atoms with van der Waals surface area (Å²) in [7, 11) is 0. The molecule has 0 aliphatic heterocycles. The van der Waals surface area contributed by atoms with Crippen molar-refractivity contribution in [3.05, 3.63) is 0 Å². The van der Waals surface area contributed by atoms with E-state index in [4.69, 9.17) is 10.2 Å². The number of aliphatic carboxylic acids is 1. The van der Waals surface area contributed by atoms with Gasteiger partial charge in [0.15, 0.2) is 0 Å². The SMILES string of the molecule is O=C(O)CCC(O)CCC(F)(F)F. The van der Waals surface area contributed by atoms with Crippen LogP contribution in [0.15, 0.2) is 0 Å². The molecule has 0 bridgehead atoms. The molecule has 0 aromatic heterocycles. The smallest absolute Gasteiger partial charge is 0.389 e. The van der Waals surface area contributed by atoms with E-state index < -0.39 is 31.1 Å². The van der Waals surface area contributed by atoms with Crippen molar-refractivity contribution < 1.29 is 28.2 Å². The fourth-order valence-corrected chi connectivity index (χ4v) is 0.765. The minimum absolute atomic E-state index is 0.134. The van der Waals surface area contributed by atoms with Gasteiger partial charge in [-0.05, 0) is 12.8 Å². The number of alkyl halides is 3. The number of hydrogen-bond donors (Lipinski definition) is 2. The van der Waals surface area contributed by atoms with Crippen LogP contribution in [0, 0.1) is 0 Å². The highest BCUT2D eigenvalue weighted by molar-refractivity contribution is 5.66. The van der Waals surface area contributed by atoms with E-state index in [9.17, 15) is 18.0 Å². The van der Waals surface area contributed by atoms with E-state index in [1.807, 2.05) is 0 Å². The van der Waals surface area contributed by atoms with Gasteiger partial charge in [-0.1, -0.05) is 0 Å². The summed E-state index contributed by atoms with van der Waals surface area (Å²) in [5.41, 5.74) is 0. The van der Waals surface area contributed by atoms with Crippen molar-refractivity contribution in [2.45, 2.75) is 38.0 Å². The Kier molecular flexibility index (Phi) is 4.76. The van der Waals surface area contributed by atoms with Crippen LogP contribution in [-0.4, -0.2) is 28.5 Å². The number of carbonyl (C=O) groups is 1. The van der Waals surface area contributed by atoms with Crippen molar-refractivity contribution in [3.8, 4) is 0 Å². The molecule has 13 heavy (non-hydrogen) atoms. The highest BCUT2D eigenvalue weighted by Crippen LogP contribution is 2.23. The van der Waals surface area contributed by atoms with Crippen LogP contribution >= 0.6 is 0 Å². The third-order valence-corrected chi connectivity index (χ3v) is 1.45. The summed E-state index contributed by atoms with van der Waals surface area (Å²) in [5.74, 6) is -1.12. The van der Waals surface area contributed by atoms with Gasteiger partial charge in [-0.2, -0.15) is 13.2 Å². The third-order valence-electron chi connectivity index (χ3n) is 1.45. The number of hydrogen-bond acceptors (Lipinski definition) is 2. The topological polar surface area (TPSA) is 57.5 Å². The van der Waals surface area contributed by atoms with Crippen molar-refractivity contribution >= 4 is 5.97 Å². The highest BCUT2D eigenvalue weighted by Gasteiger charge is 2.27. The summed E-state index contributed by atoms with van der Waals surface area (Å²) in [5, 5.41) is 17.1. The van der Waals surface area contributed by atoms with E-state index >= 15 is 0 Å². The quantitative estimate of drug-likeness (QED) is 0.707. The van der Waals surface area contributed by atoms with Crippen LogP contribution in [0.3, 0.4) is 0 Å². The Balaban J connectivity index is 3.52. The van der Waals surface area contributed by atoms with Crippen molar-refractivity contribution in [2.24, 2.45) is 0 Å². The Morgan fingerprint density at radius 2 is 1.85 bits per heavy atom. The molecule has 0 aliphatic rings. The van der Waals surface area contributed by atoms with E-state index in [0.717, 1.165) is 0 Å². The number of aliphatic hydroxyl groups is 1. The van der Waals surface area contributed by atoms with Crippen LogP contribution in [0.2, 0.25) is 0 Å². The summed E-state index contributed by atoms with van der Waals surface area (Å²) in [6, 6.07) is 0. The van der Waals surface area contributed by atoms with E-state index in [1.165, 1.54) is 0 Å². The van der Waals surface area contributed by atoms with Gasteiger partial charge in [0.05, 0.1) is 6.10 Å². The first-order chi connectivity index (χ1) is 5.81. The van der Waals surface area contributed by atoms with Crippen LogP contribution in [-0.2, 0) is 4.79 Å². The van der Waals surface area contributed by atoms with Gasteiger partial charge in [-0.15, -0.1) is 0 Å². The lowest BCUT2D eigenvalue weighted by molar-refractivity contribution is -0.141. The molecule has 2 N–H and O–H groups in total. The molecule has 1 unspecified atom stereocenters. The molecular weight excluding hydrogens is 189 g/mol. The van der Waals surface area contributed by atoms with Gasteiger partial charge in [0.2, 0.25) is 0 Å². The summed E-state index contributed by atoms with van der Waals surface area (Å²) in [6.07, 6.45) is -7.42. The molecule has 0 amide bonds. The summed E-state index contributed by atoms with van der Waals surface area (Å²) < 4.78 is 34.8. The van der Waals surface area contributed by atoms with Crippen LogP contribution in [0.5, 0.6) is 0 Å². The molecule has 6 heteroatoms. The maximum Gasteiger partial charge on any atom is 0.389 e. The molecule has 0 radical (unpaired) electrons. The number of carboxylic acid groups (broad SMARTS) is 1. The molecule has 0 aromatic rings. The second-order valence-electron chi connectivity index (χ2n) is 2.74. The largest absolute Gasteiger partial charge is 0.481 e. The molecule has 3 nitrogen and oxygen atoms in total. The van der Waals surface area contributed by atoms with Gasteiger partial charge >= 0.3 is 12.1 Å². The van der Waals surface area contributed by atoms with Crippen LogP contribution in [0.4, 0.5) is 13.2 Å². The molecule has 0 spiro atoms. The number of aliphatic hydroxyl groups excluding tert-OH is 1. The zero-order chi connectivity index (χ0) is 10.5. The second kappa shape index (κ2) is 5.06. The number of carboxylic acids is 1. The minimum atomic E-state index is -4.29. The maximum atomic E-state index is 11.6. The van der Waals surface area contributed by atoms with Gasteiger partial charge in [-0.3, -0.25) is 4.79 Å². The molecule has 1 atom stereocenters. The third kappa shape index (κ3) is 9.13. The zero-order valence-electron chi connectivity index (χ0n) is 6.84. The molecule has 0 aliphatic carbocycles. The van der Waals surface area contributed by atoms with Gasteiger partial charge in [-0.25, -0.2) is 0 Å². The van der Waals surface area contributed by atoms with Gasteiger partial charge < -0.3 is 10.2 Å². The van der Waals surface area contributed by atoms with Crippen LogP contribution in [0.1, 0.15) is 25.7 Å². The average molecular weight is 200 g/mol. The van der Waals surface area contributed by atoms with E-state index in [1.54, 1.807) is 0 Å². The Morgan fingerprint density at radius 3 is 2.23 bits per heavy atom. The monoisotopic (exact) mass is 200 g/mol. The van der Waals surface area contributed by atoms with Crippen molar-refractivity contribution in [1.82, 2.24) is 0 Å². The summed E-state index contributed by atoms with van der Waals surface area (Å²) in [6.45, 7) is 0. The molecule has 0 heterocycles. The molecular formula is C7H11F3O3. The zero-order valence-corrected chi connectivity index (χ0v) is 6.84. The number of rotatable bonds is 5. The molecule has 0 fully saturated rings. The lowest BCUT2D eigenvalue weighted by Gasteiger charge is -2.10. The lowest BCUT2D eigenvalue weighted by atomic mass is 10.1. The maximum absolute atomic E-state index is 11.6. The Hall–Kier alpha value is -0.780. The molecule has 0 saturated carbocycles. The van der Waals surface area contributed by atoms with E-state index in [2.05, 4.69) is 0 Å². The Bertz CT molecular complexity index is 167. The molecule has 0 aromatic carbocycles. The molecule has 0 rings (SSSR count). The normalized spacial score (nSPS) is 14.2. The van der Waals surface area contributed by atoms with Gasteiger partial charge in [0.25, 0.3) is 0 Å². The predicted molar refractivity (Wildman–Crippen MR) is 38.2 cm³/mol. The van der Waals surface area contributed by atoms with Gasteiger partial charge in [0, 0.05) is 12.8 Å². The molecule has 78 valence electrons. The molecule has 0 saturated heterocycles. The Labute approximate surface area is 73.2 Å². The van der Waals surface area contributed by atoms with Gasteiger partial charge in [0.1, 0.15) is 0 Å². The fourth-order valence-electron chi connectivity index (χ4n) is 0.765. The van der Waals surface area contributed by atoms with Crippen molar-refractivity contribution in [1.29, 1.82) is 0 Å². The Morgan fingerprint density at radius 1 is 1.31 bits per heavy atom. The first kappa shape index (κ1) is 12.2. The number of halogens is 3. The van der Waals surface area contributed by atoms with E-state index in [0.29, 0.717) is 0 Å². The van der Waals surface area contributed by atoms with Crippen molar-refractivity contribution in [3.63, 3.8) is 0 Å². The van der Waals surface area contributed by atoms with Crippen molar-refractivity contribution in [2.75, 3.05) is 0 Å². The summed E-state index contributed by atoms with van der Waals surface area (Å²) >= 11 is 0. The van der Waals surface area contributed by atoms with Crippen LogP contribution < -0.4 is 0 Å². The minimum Gasteiger partial charge on any atom is -0.481 e. The second-order valence-corrected chi connectivity index (χ2v) is 2.74. The average Bonchev–Trinajstić information content (AvgIpc) is 1.95. The standard InChI is InChI=1S/C7H11F3O3/c8-7(9,10)4-3-5(11)1-2-6(12)13/h5,11H,1-4H2,(H,12,13). The first-order valence-electron chi connectivity index (χ1n) is 3.78. The van der Waals surface area contributed by atoms with Crippen LogP contribution in [0.25, 0.3) is 0 Å². The fraction of sp³-hybridized carbons (Fsp3) is 0.857. The highest BCUT2D eigenvalue weighted by atomic mass is 19.4. The first-order valence-corrected chi connectivity index (χ1v) is 3.78. The van der Waals surface area contributed by atoms with E-state index in [-0.39, 0.29) is 12.8 Å².